The van der Waals surface area contributed by atoms with Gasteiger partial charge in [-0.25, -0.2) is 4.98 Å². The lowest BCUT2D eigenvalue weighted by Gasteiger charge is -2.26. The number of nitrogens with one attached hydrogen (secondary N) is 1. The van der Waals surface area contributed by atoms with Crippen LogP contribution < -0.4 is 5.32 Å². The van der Waals surface area contributed by atoms with Crippen molar-refractivity contribution in [2.75, 3.05) is 52.5 Å². The fourth-order valence-corrected chi connectivity index (χ4v) is 4.97. The molecule has 2 aliphatic heterocycles. The first-order valence-corrected chi connectivity index (χ1v) is 12.0. The number of ether oxygens (including phenoxy) is 1. The highest BCUT2D eigenvalue weighted by Gasteiger charge is 2.24. The third kappa shape index (κ3) is 5.36. The Morgan fingerprint density at radius 2 is 1.86 bits per heavy atom. The van der Waals surface area contributed by atoms with Gasteiger partial charge in [-0.3, -0.25) is 14.1 Å². The number of aromatic nitrogens is 2. The molecule has 0 unspecified atom stereocenters. The van der Waals surface area contributed by atoms with Crippen molar-refractivity contribution in [3.63, 3.8) is 0 Å². The van der Waals surface area contributed by atoms with E-state index in [-0.39, 0.29) is 5.91 Å². The largest absolute Gasteiger partial charge is 0.379 e. The summed E-state index contributed by atoms with van der Waals surface area (Å²) in [5.74, 6) is 0.105. The van der Waals surface area contributed by atoms with Crippen molar-refractivity contribution in [1.82, 2.24) is 24.5 Å². The van der Waals surface area contributed by atoms with Gasteiger partial charge in [0, 0.05) is 44.3 Å². The van der Waals surface area contributed by atoms with E-state index in [1.165, 1.54) is 19.3 Å². The van der Waals surface area contributed by atoms with Crippen molar-refractivity contribution < 1.29 is 9.53 Å². The van der Waals surface area contributed by atoms with E-state index in [4.69, 9.17) is 9.72 Å². The number of amides is 1. The number of nitrogens with zero attached hydrogens (tertiary/aromatic N) is 4. The summed E-state index contributed by atoms with van der Waals surface area (Å²) in [7, 11) is 0. The van der Waals surface area contributed by atoms with Gasteiger partial charge in [0.15, 0.2) is 10.7 Å². The topological polar surface area (TPSA) is 62.1 Å². The van der Waals surface area contributed by atoms with Crippen LogP contribution in [0.5, 0.6) is 0 Å². The molecule has 4 heterocycles. The molecule has 1 N–H and O–H groups in total. The van der Waals surface area contributed by atoms with Crippen LogP contribution in [-0.4, -0.2) is 77.6 Å². The second kappa shape index (κ2) is 10.5. The summed E-state index contributed by atoms with van der Waals surface area (Å²) in [6, 6.07) is 0. The van der Waals surface area contributed by atoms with Crippen LogP contribution in [0.25, 0.3) is 4.96 Å². The molecular formula is C21H33N5O2S. The maximum atomic E-state index is 13.3. The molecule has 2 aromatic rings. The maximum Gasteiger partial charge on any atom is 0.274 e. The minimum absolute atomic E-state index is 0.105. The normalized spacial score (nSPS) is 19.4. The van der Waals surface area contributed by atoms with Crippen LogP contribution in [0.4, 0.5) is 0 Å². The number of carbonyl (C=O) groups is 1. The van der Waals surface area contributed by atoms with Crippen LogP contribution in [0.15, 0.2) is 11.6 Å². The van der Waals surface area contributed by atoms with Gasteiger partial charge in [-0.15, -0.1) is 11.3 Å². The summed E-state index contributed by atoms with van der Waals surface area (Å²) in [4.78, 5) is 23.3. The predicted octanol–water partition coefficient (Wildman–Crippen LogP) is 2.61. The number of carbonyl (C=O) groups excluding carboxylic acids is 1. The van der Waals surface area contributed by atoms with Gasteiger partial charge in [0.05, 0.1) is 18.9 Å². The third-order valence-corrected chi connectivity index (χ3v) is 6.69. The third-order valence-electron chi connectivity index (χ3n) is 5.93. The Labute approximate surface area is 177 Å². The van der Waals surface area contributed by atoms with E-state index in [2.05, 4.69) is 14.6 Å². The Morgan fingerprint density at radius 1 is 1.10 bits per heavy atom. The molecule has 0 atom stereocenters. The summed E-state index contributed by atoms with van der Waals surface area (Å²) in [5.41, 5.74) is 1.64. The molecule has 7 nitrogen and oxygen atoms in total. The number of hydrogen-bond donors (Lipinski definition) is 1. The Morgan fingerprint density at radius 3 is 2.66 bits per heavy atom. The Balaban J connectivity index is 1.36. The highest BCUT2D eigenvalue weighted by Crippen LogP contribution is 2.20. The van der Waals surface area contributed by atoms with Crippen molar-refractivity contribution in [3.05, 3.63) is 23.0 Å². The number of morpholine rings is 1. The minimum atomic E-state index is 0.105. The molecule has 2 saturated heterocycles. The first kappa shape index (κ1) is 20.8. The fourth-order valence-electron chi connectivity index (χ4n) is 4.23. The summed E-state index contributed by atoms with van der Waals surface area (Å²) < 4.78 is 7.49. The maximum absolute atomic E-state index is 13.3. The zero-order chi connectivity index (χ0) is 19.9. The number of fused-ring (bicyclic) bond motifs is 1. The van der Waals surface area contributed by atoms with Gasteiger partial charge < -0.3 is 15.0 Å². The van der Waals surface area contributed by atoms with Crippen LogP contribution >= 0.6 is 11.3 Å². The Hall–Kier alpha value is -1.48. The lowest BCUT2D eigenvalue weighted by Crippen LogP contribution is -2.37. The molecule has 29 heavy (non-hydrogen) atoms. The molecule has 4 rings (SSSR count). The lowest BCUT2D eigenvalue weighted by atomic mass is 10.1. The van der Waals surface area contributed by atoms with E-state index < -0.39 is 0 Å². The molecule has 0 radical (unpaired) electrons. The van der Waals surface area contributed by atoms with Crippen LogP contribution in [0.2, 0.25) is 0 Å². The molecule has 2 fully saturated rings. The van der Waals surface area contributed by atoms with Gasteiger partial charge in [-0.1, -0.05) is 19.3 Å². The Bertz CT molecular complexity index is 775. The first-order valence-electron chi connectivity index (χ1n) is 11.1. The summed E-state index contributed by atoms with van der Waals surface area (Å²) >= 11 is 1.59. The lowest BCUT2D eigenvalue weighted by molar-refractivity contribution is 0.0374. The number of likely N-dealkylation sites (tertiary alicyclic amines) is 1. The van der Waals surface area contributed by atoms with Crippen LogP contribution in [0, 0.1) is 0 Å². The van der Waals surface area contributed by atoms with E-state index >= 15 is 0 Å². The summed E-state index contributed by atoms with van der Waals surface area (Å²) in [5, 5.41) is 5.58. The van der Waals surface area contributed by atoms with E-state index in [0.29, 0.717) is 12.2 Å². The van der Waals surface area contributed by atoms with Crippen molar-refractivity contribution >= 4 is 22.2 Å². The van der Waals surface area contributed by atoms with E-state index in [0.717, 1.165) is 82.4 Å². The highest BCUT2D eigenvalue weighted by molar-refractivity contribution is 7.15. The van der Waals surface area contributed by atoms with Crippen molar-refractivity contribution in [3.8, 4) is 0 Å². The molecule has 0 bridgehead atoms. The van der Waals surface area contributed by atoms with Crippen molar-refractivity contribution in [1.29, 1.82) is 0 Å². The predicted molar refractivity (Wildman–Crippen MR) is 116 cm³/mol. The minimum Gasteiger partial charge on any atom is -0.379 e. The Kier molecular flexibility index (Phi) is 7.54. The monoisotopic (exact) mass is 419 g/mol. The fraction of sp³-hybridized carbons (Fsp3) is 0.714. The first-order chi connectivity index (χ1) is 14.3. The summed E-state index contributed by atoms with van der Waals surface area (Å²) in [6.07, 6.45) is 9.07. The number of hydrogen-bond acceptors (Lipinski definition) is 6. The zero-order valence-corrected chi connectivity index (χ0v) is 18.1. The quantitative estimate of drug-likeness (QED) is 0.699. The zero-order valence-electron chi connectivity index (χ0n) is 17.3. The van der Waals surface area contributed by atoms with Crippen LogP contribution in [0.3, 0.4) is 0 Å². The van der Waals surface area contributed by atoms with E-state index in [9.17, 15) is 4.79 Å². The van der Waals surface area contributed by atoms with E-state index in [1.54, 1.807) is 11.3 Å². The van der Waals surface area contributed by atoms with Gasteiger partial charge in [0.2, 0.25) is 0 Å². The molecule has 2 aliphatic rings. The molecule has 8 heteroatoms. The molecule has 0 aromatic carbocycles. The molecule has 160 valence electrons. The average Bonchev–Trinajstić information content (AvgIpc) is 3.30. The van der Waals surface area contributed by atoms with E-state index in [1.807, 2.05) is 16.5 Å². The van der Waals surface area contributed by atoms with Crippen LogP contribution in [-0.2, 0) is 11.3 Å². The molecule has 0 aliphatic carbocycles. The second-order valence-electron chi connectivity index (χ2n) is 8.01. The second-order valence-corrected chi connectivity index (χ2v) is 8.88. The molecule has 1 amide bonds. The molecule has 0 spiro atoms. The van der Waals surface area contributed by atoms with Crippen molar-refractivity contribution in [2.24, 2.45) is 0 Å². The highest BCUT2D eigenvalue weighted by atomic mass is 32.1. The number of rotatable bonds is 7. The average molecular weight is 420 g/mol. The number of imidazole rings is 1. The van der Waals surface area contributed by atoms with Gasteiger partial charge in [0.25, 0.3) is 5.91 Å². The molecule has 0 saturated carbocycles. The van der Waals surface area contributed by atoms with Gasteiger partial charge in [-0.2, -0.15) is 0 Å². The molecule has 2 aromatic heterocycles. The van der Waals surface area contributed by atoms with Crippen LogP contribution in [0.1, 0.15) is 54.7 Å². The van der Waals surface area contributed by atoms with Gasteiger partial charge in [-0.05, 0) is 32.4 Å². The van der Waals surface area contributed by atoms with Gasteiger partial charge >= 0.3 is 0 Å². The standard InChI is InChI=1S/C21H33N5O2S/c27-20(25-9-4-2-1-3-5-10-25)19-18(26-13-16-29-21(26)23-19)17-22-7-6-8-24-11-14-28-15-12-24/h13,16,22H,1-12,14-15,17H2. The smallest absolute Gasteiger partial charge is 0.274 e. The number of thiazole rings is 1. The SMILES string of the molecule is O=C(c1nc2sccn2c1CNCCCN1CCOCC1)N1CCCCCCC1. The summed E-state index contributed by atoms with van der Waals surface area (Å²) in [6.45, 7) is 8.19. The van der Waals surface area contributed by atoms with Crippen molar-refractivity contribution in [2.45, 2.75) is 45.1 Å². The molecular weight excluding hydrogens is 386 g/mol. The van der Waals surface area contributed by atoms with Gasteiger partial charge in [0.1, 0.15) is 0 Å².